The van der Waals surface area contributed by atoms with Gasteiger partial charge in [0.2, 0.25) is 5.91 Å². The highest BCUT2D eigenvalue weighted by molar-refractivity contribution is 6.27. The number of piperazine rings is 1. The molecule has 0 spiro atoms. The van der Waals surface area contributed by atoms with E-state index >= 15 is 0 Å². The van der Waals surface area contributed by atoms with E-state index in [-0.39, 0.29) is 17.3 Å². The maximum absolute atomic E-state index is 11.3. The van der Waals surface area contributed by atoms with Gasteiger partial charge in [-0.15, -0.1) is 11.6 Å². The Kier molecular flexibility index (Phi) is 3.78. The van der Waals surface area contributed by atoms with E-state index in [4.69, 9.17) is 11.6 Å². The van der Waals surface area contributed by atoms with E-state index < -0.39 is 0 Å². The summed E-state index contributed by atoms with van der Waals surface area (Å²) in [4.78, 5) is 15.5. The third-order valence-electron chi connectivity index (χ3n) is 2.70. The Morgan fingerprint density at radius 2 is 1.71 bits per heavy atom. The van der Waals surface area contributed by atoms with Crippen LogP contribution in [0.1, 0.15) is 20.8 Å². The Morgan fingerprint density at radius 3 is 2.07 bits per heavy atom. The highest BCUT2D eigenvalue weighted by atomic mass is 35.5. The molecule has 1 heterocycles. The van der Waals surface area contributed by atoms with E-state index in [0.717, 1.165) is 26.2 Å². The summed E-state index contributed by atoms with van der Waals surface area (Å²) in [7, 11) is 0. The molecule has 0 aromatic rings. The Hall–Kier alpha value is -0.280. The van der Waals surface area contributed by atoms with Crippen molar-refractivity contribution < 1.29 is 4.79 Å². The van der Waals surface area contributed by atoms with Crippen LogP contribution in [-0.2, 0) is 4.79 Å². The van der Waals surface area contributed by atoms with Gasteiger partial charge in [0, 0.05) is 31.7 Å². The van der Waals surface area contributed by atoms with Gasteiger partial charge in [-0.25, -0.2) is 0 Å². The second kappa shape index (κ2) is 4.49. The molecule has 14 heavy (non-hydrogen) atoms. The van der Waals surface area contributed by atoms with Crippen LogP contribution in [0.25, 0.3) is 0 Å². The molecule has 82 valence electrons. The number of rotatable bonds is 1. The van der Waals surface area contributed by atoms with Crippen LogP contribution < -0.4 is 0 Å². The van der Waals surface area contributed by atoms with E-state index in [9.17, 15) is 4.79 Å². The lowest BCUT2D eigenvalue weighted by Crippen LogP contribution is -2.54. The number of hydrogen-bond donors (Lipinski definition) is 0. The predicted octanol–water partition coefficient (Wildman–Crippen LogP) is 1.17. The maximum atomic E-state index is 11.3. The van der Waals surface area contributed by atoms with Gasteiger partial charge >= 0.3 is 0 Å². The first-order valence-electron chi connectivity index (χ1n) is 5.04. The molecular formula is C10H19ClN2O. The second-order valence-electron chi connectivity index (χ2n) is 4.67. The number of alkyl halides is 1. The van der Waals surface area contributed by atoms with Gasteiger partial charge in [-0.3, -0.25) is 9.69 Å². The van der Waals surface area contributed by atoms with Gasteiger partial charge in [0.05, 0.1) is 0 Å². The molecule has 1 amide bonds. The molecule has 0 N–H and O–H groups in total. The number of nitrogens with zero attached hydrogens (tertiary/aromatic N) is 2. The lowest BCUT2D eigenvalue weighted by molar-refractivity contribution is -0.130. The van der Waals surface area contributed by atoms with Gasteiger partial charge in [-0.05, 0) is 20.8 Å². The topological polar surface area (TPSA) is 23.6 Å². The zero-order valence-corrected chi connectivity index (χ0v) is 9.97. The van der Waals surface area contributed by atoms with Crippen LogP contribution in [0.3, 0.4) is 0 Å². The highest BCUT2D eigenvalue weighted by Crippen LogP contribution is 2.15. The summed E-state index contributed by atoms with van der Waals surface area (Å²) in [5.41, 5.74) is 0.204. The molecule has 1 saturated heterocycles. The number of halogens is 1. The Labute approximate surface area is 91.0 Å². The summed E-state index contributed by atoms with van der Waals surface area (Å²) in [6.45, 7) is 10.1. The summed E-state index contributed by atoms with van der Waals surface area (Å²) in [5.74, 6) is 0.162. The SMILES string of the molecule is CC(C)(C)N1CCN(C(=O)CCl)CC1. The van der Waals surface area contributed by atoms with Crippen molar-refractivity contribution in [2.75, 3.05) is 32.1 Å². The highest BCUT2D eigenvalue weighted by Gasteiger charge is 2.27. The molecule has 0 aromatic carbocycles. The third-order valence-corrected chi connectivity index (χ3v) is 2.92. The average molecular weight is 219 g/mol. The average Bonchev–Trinajstić information content (AvgIpc) is 2.15. The number of amides is 1. The van der Waals surface area contributed by atoms with Crippen LogP contribution in [0, 0.1) is 0 Å². The fourth-order valence-corrected chi connectivity index (χ4v) is 1.88. The van der Waals surface area contributed by atoms with Gasteiger partial charge in [-0.2, -0.15) is 0 Å². The number of carbonyl (C=O) groups excluding carboxylic acids is 1. The predicted molar refractivity (Wildman–Crippen MR) is 58.6 cm³/mol. The van der Waals surface area contributed by atoms with Crippen LogP contribution in [0.5, 0.6) is 0 Å². The zero-order valence-electron chi connectivity index (χ0n) is 9.22. The summed E-state index contributed by atoms with van der Waals surface area (Å²) in [6, 6.07) is 0. The van der Waals surface area contributed by atoms with Gasteiger partial charge in [0.25, 0.3) is 0 Å². The van der Waals surface area contributed by atoms with Crippen molar-refractivity contribution in [3.05, 3.63) is 0 Å². The van der Waals surface area contributed by atoms with Crippen molar-refractivity contribution in [2.45, 2.75) is 26.3 Å². The lowest BCUT2D eigenvalue weighted by atomic mass is 10.1. The van der Waals surface area contributed by atoms with Gasteiger partial charge in [0.1, 0.15) is 5.88 Å². The smallest absolute Gasteiger partial charge is 0.237 e. The van der Waals surface area contributed by atoms with Gasteiger partial charge < -0.3 is 4.90 Å². The van der Waals surface area contributed by atoms with E-state index in [1.54, 1.807) is 0 Å². The summed E-state index contributed by atoms with van der Waals surface area (Å²) < 4.78 is 0. The van der Waals surface area contributed by atoms with Crippen LogP contribution in [-0.4, -0.2) is 53.3 Å². The van der Waals surface area contributed by atoms with Gasteiger partial charge in [-0.1, -0.05) is 0 Å². The van der Waals surface area contributed by atoms with Crippen LogP contribution in [0.15, 0.2) is 0 Å². The van der Waals surface area contributed by atoms with E-state index in [0.29, 0.717) is 0 Å². The van der Waals surface area contributed by atoms with Crippen molar-refractivity contribution in [3.63, 3.8) is 0 Å². The Bertz CT molecular complexity index is 205. The molecule has 1 fully saturated rings. The van der Waals surface area contributed by atoms with Gasteiger partial charge in [0.15, 0.2) is 0 Å². The second-order valence-corrected chi connectivity index (χ2v) is 4.94. The molecule has 1 aliphatic rings. The normalized spacial score (nSPS) is 19.9. The molecule has 0 bridgehead atoms. The van der Waals surface area contributed by atoms with Crippen LogP contribution >= 0.6 is 11.6 Å². The minimum absolute atomic E-state index is 0.0558. The number of carbonyl (C=O) groups is 1. The van der Waals surface area contributed by atoms with Crippen molar-refractivity contribution in [3.8, 4) is 0 Å². The number of hydrogen-bond acceptors (Lipinski definition) is 2. The first-order valence-corrected chi connectivity index (χ1v) is 5.57. The van der Waals surface area contributed by atoms with E-state index in [1.807, 2.05) is 4.90 Å². The Balaban J connectivity index is 2.43. The fourth-order valence-electron chi connectivity index (χ4n) is 1.71. The molecule has 0 aromatic heterocycles. The monoisotopic (exact) mass is 218 g/mol. The van der Waals surface area contributed by atoms with E-state index in [2.05, 4.69) is 25.7 Å². The largest absolute Gasteiger partial charge is 0.339 e. The molecule has 3 nitrogen and oxygen atoms in total. The molecule has 0 unspecified atom stereocenters. The van der Waals surface area contributed by atoms with Crippen molar-refractivity contribution in [1.82, 2.24) is 9.80 Å². The maximum Gasteiger partial charge on any atom is 0.237 e. The Morgan fingerprint density at radius 1 is 1.21 bits per heavy atom. The fraction of sp³-hybridized carbons (Fsp3) is 0.900. The van der Waals surface area contributed by atoms with Crippen LogP contribution in [0.4, 0.5) is 0 Å². The third kappa shape index (κ3) is 2.85. The lowest BCUT2D eigenvalue weighted by Gasteiger charge is -2.42. The van der Waals surface area contributed by atoms with Crippen molar-refractivity contribution in [1.29, 1.82) is 0 Å². The molecule has 1 aliphatic heterocycles. The minimum Gasteiger partial charge on any atom is -0.339 e. The first kappa shape index (κ1) is 11.8. The van der Waals surface area contributed by atoms with Crippen molar-refractivity contribution >= 4 is 17.5 Å². The first-order chi connectivity index (χ1) is 6.45. The molecule has 0 radical (unpaired) electrons. The molecule has 1 rings (SSSR count). The summed E-state index contributed by atoms with van der Waals surface area (Å²) >= 11 is 5.51. The van der Waals surface area contributed by atoms with Crippen molar-refractivity contribution in [2.24, 2.45) is 0 Å². The quantitative estimate of drug-likeness (QED) is 0.617. The molecule has 0 saturated carbocycles. The standard InChI is InChI=1S/C10H19ClN2O/c1-10(2,3)13-6-4-12(5-7-13)9(14)8-11/h4-8H2,1-3H3. The zero-order chi connectivity index (χ0) is 10.8. The molecule has 4 heteroatoms. The summed E-state index contributed by atoms with van der Waals surface area (Å²) in [6.07, 6.45) is 0. The molecule has 0 atom stereocenters. The minimum atomic E-state index is 0.0558. The van der Waals surface area contributed by atoms with Crippen LogP contribution in [0.2, 0.25) is 0 Å². The molecular weight excluding hydrogens is 200 g/mol. The molecule has 0 aliphatic carbocycles. The summed E-state index contributed by atoms with van der Waals surface area (Å²) in [5, 5.41) is 0. The van der Waals surface area contributed by atoms with E-state index in [1.165, 1.54) is 0 Å².